The summed E-state index contributed by atoms with van der Waals surface area (Å²) in [6, 6.07) is 18.4. The monoisotopic (exact) mass is 348 g/mol. The Morgan fingerprint density at radius 2 is 1.77 bits per heavy atom. The van der Waals surface area contributed by atoms with Crippen LogP contribution in [-0.4, -0.2) is 22.5 Å². The summed E-state index contributed by atoms with van der Waals surface area (Å²) in [6.45, 7) is 0.545. The van der Waals surface area contributed by atoms with Crippen molar-refractivity contribution in [3.05, 3.63) is 89.7 Å². The molecule has 0 bridgehead atoms. The Hall–Kier alpha value is -3.18. The SMILES string of the molecule is O=C(NCCc1ccc(CO)cc1)c1ccccc1Oc1cccnc1. The van der Waals surface area contributed by atoms with Crippen molar-refractivity contribution in [3.8, 4) is 11.5 Å². The third-order valence-electron chi connectivity index (χ3n) is 3.90. The number of ether oxygens (including phenoxy) is 1. The number of carbonyl (C=O) groups is 1. The standard InChI is InChI=1S/C21H20N2O3/c24-15-17-9-7-16(8-10-17)11-13-23-21(25)19-5-1-2-6-20(19)26-18-4-3-12-22-14-18/h1-10,12,14,24H,11,13,15H2,(H,23,25). The van der Waals surface area contributed by atoms with E-state index in [0.29, 0.717) is 30.0 Å². The fourth-order valence-corrected chi connectivity index (χ4v) is 2.50. The van der Waals surface area contributed by atoms with Crippen molar-refractivity contribution >= 4 is 5.91 Å². The van der Waals surface area contributed by atoms with Gasteiger partial charge in [0.05, 0.1) is 18.4 Å². The number of nitrogens with zero attached hydrogens (tertiary/aromatic N) is 1. The highest BCUT2D eigenvalue weighted by molar-refractivity contribution is 5.97. The number of hydrogen-bond acceptors (Lipinski definition) is 4. The lowest BCUT2D eigenvalue weighted by molar-refractivity contribution is 0.0952. The second kappa shape index (κ2) is 8.78. The van der Waals surface area contributed by atoms with Gasteiger partial charge < -0.3 is 15.2 Å². The van der Waals surface area contributed by atoms with E-state index in [1.807, 2.05) is 30.3 Å². The van der Waals surface area contributed by atoms with Crippen LogP contribution >= 0.6 is 0 Å². The van der Waals surface area contributed by atoms with Gasteiger partial charge in [-0.1, -0.05) is 36.4 Å². The first kappa shape index (κ1) is 17.6. The molecule has 0 unspecified atom stereocenters. The van der Waals surface area contributed by atoms with Gasteiger partial charge in [-0.05, 0) is 41.8 Å². The fraction of sp³-hybridized carbons (Fsp3) is 0.143. The molecule has 26 heavy (non-hydrogen) atoms. The van der Waals surface area contributed by atoms with E-state index in [4.69, 9.17) is 9.84 Å². The molecule has 1 aromatic heterocycles. The molecule has 0 aliphatic carbocycles. The van der Waals surface area contributed by atoms with E-state index in [9.17, 15) is 4.79 Å². The Kier molecular flexibility index (Phi) is 5.96. The summed E-state index contributed by atoms with van der Waals surface area (Å²) in [5.41, 5.74) is 2.45. The molecule has 2 aromatic carbocycles. The van der Waals surface area contributed by atoms with Crippen LogP contribution in [0.3, 0.4) is 0 Å². The first-order valence-electron chi connectivity index (χ1n) is 8.40. The molecule has 0 aliphatic heterocycles. The lowest BCUT2D eigenvalue weighted by Crippen LogP contribution is -2.26. The largest absolute Gasteiger partial charge is 0.455 e. The minimum Gasteiger partial charge on any atom is -0.455 e. The van der Waals surface area contributed by atoms with Crippen molar-refractivity contribution in [2.75, 3.05) is 6.54 Å². The number of aliphatic hydroxyl groups is 1. The zero-order chi connectivity index (χ0) is 18.2. The first-order valence-corrected chi connectivity index (χ1v) is 8.40. The van der Waals surface area contributed by atoms with Gasteiger partial charge in [0.15, 0.2) is 0 Å². The lowest BCUT2D eigenvalue weighted by Gasteiger charge is -2.11. The van der Waals surface area contributed by atoms with Crippen molar-refractivity contribution in [3.63, 3.8) is 0 Å². The number of carbonyl (C=O) groups excluding carboxylic acids is 1. The van der Waals surface area contributed by atoms with Gasteiger partial charge in [0.1, 0.15) is 11.5 Å². The summed E-state index contributed by atoms with van der Waals surface area (Å²) < 4.78 is 5.77. The zero-order valence-electron chi connectivity index (χ0n) is 14.3. The predicted octanol–water partition coefficient (Wildman–Crippen LogP) is 3.34. The Morgan fingerprint density at radius 3 is 2.50 bits per heavy atom. The van der Waals surface area contributed by atoms with Crippen LogP contribution in [0.25, 0.3) is 0 Å². The minimum absolute atomic E-state index is 0.0325. The van der Waals surface area contributed by atoms with Crippen LogP contribution in [0, 0.1) is 0 Å². The van der Waals surface area contributed by atoms with Gasteiger partial charge in [-0.3, -0.25) is 9.78 Å². The molecular formula is C21H20N2O3. The van der Waals surface area contributed by atoms with E-state index >= 15 is 0 Å². The van der Waals surface area contributed by atoms with E-state index in [1.54, 1.807) is 42.7 Å². The normalized spacial score (nSPS) is 10.3. The molecule has 132 valence electrons. The molecule has 0 spiro atoms. The Balaban J connectivity index is 1.60. The van der Waals surface area contributed by atoms with Crippen LogP contribution < -0.4 is 10.1 Å². The average Bonchev–Trinajstić information content (AvgIpc) is 2.69. The molecule has 1 heterocycles. The third-order valence-corrected chi connectivity index (χ3v) is 3.90. The Labute approximate surface area is 152 Å². The number of aliphatic hydroxyl groups excluding tert-OH is 1. The van der Waals surface area contributed by atoms with Crippen molar-refractivity contribution < 1.29 is 14.6 Å². The van der Waals surface area contributed by atoms with Crippen molar-refractivity contribution in [1.82, 2.24) is 10.3 Å². The molecule has 2 N–H and O–H groups in total. The van der Waals surface area contributed by atoms with E-state index in [0.717, 1.165) is 11.1 Å². The topological polar surface area (TPSA) is 71.5 Å². The van der Waals surface area contributed by atoms with Crippen molar-refractivity contribution in [1.29, 1.82) is 0 Å². The van der Waals surface area contributed by atoms with Gasteiger partial charge in [-0.2, -0.15) is 0 Å². The van der Waals surface area contributed by atoms with E-state index in [-0.39, 0.29) is 12.5 Å². The predicted molar refractivity (Wildman–Crippen MR) is 99.2 cm³/mol. The third kappa shape index (κ3) is 4.68. The molecule has 0 aliphatic rings. The van der Waals surface area contributed by atoms with Crippen LogP contribution in [0.1, 0.15) is 21.5 Å². The summed E-state index contributed by atoms with van der Waals surface area (Å²) in [6.07, 6.45) is 3.98. The first-order chi connectivity index (χ1) is 12.8. The molecule has 5 nitrogen and oxygen atoms in total. The van der Waals surface area contributed by atoms with E-state index in [1.165, 1.54) is 0 Å². The second-order valence-corrected chi connectivity index (χ2v) is 5.77. The molecule has 0 fully saturated rings. The van der Waals surface area contributed by atoms with Crippen LogP contribution in [0.5, 0.6) is 11.5 Å². The summed E-state index contributed by atoms with van der Waals surface area (Å²) >= 11 is 0. The molecule has 3 rings (SSSR count). The number of nitrogens with one attached hydrogen (secondary N) is 1. The molecule has 5 heteroatoms. The Morgan fingerprint density at radius 1 is 1.00 bits per heavy atom. The summed E-state index contributed by atoms with van der Waals surface area (Å²) in [4.78, 5) is 16.5. The Bertz CT molecular complexity index is 849. The number of rotatable bonds is 7. The van der Waals surface area contributed by atoms with Gasteiger partial charge >= 0.3 is 0 Å². The average molecular weight is 348 g/mol. The molecule has 0 radical (unpaired) electrons. The highest BCUT2D eigenvalue weighted by Gasteiger charge is 2.12. The molecule has 0 atom stereocenters. The van der Waals surface area contributed by atoms with Crippen LogP contribution in [0.15, 0.2) is 73.1 Å². The van der Waals surface area contributed by atoms with Crippen molar-refractivity contribution in [2.45, 2.75) is 13.0 Å². The molecule has 0 saturated carbocycles. The van der Waals surface area contributed by atoms with E-state index in [2.05, 4.69) is 10.3 Å². The van der Waals surface area contributed by atoms with Gasteiger partial charge in [0.25, 0.3) is 5.91 Å². The summed E-state index contributed by atoms with van der Waals surface area (Å²) in [7, 11) is 0. The minimum atomic E-state index is -0.184. The zero-order valence-corrected chi connectivity index (χ0v) is 14.3. The number of amides is 1. The number of hydrogen-bond donors (Lipinski definition) is 2. The molecule has 1 amide bonds. The second-order valence-electron chi connectivity index (χ2n) is 5.77. The molecule has 3 aromatic rings. The number of aromatic nitrogens is 1. The summed E-state index contributed by atoms with van der Waals surface area (Å²) in [5, 5.41) is 12.0. The van der Waals surface area contributed by atoms with Gasteiger partial charge in [-0.25, -0.2) is 0 Å². The molecular weight excluding hydrogens is 328 g/mol. The maximum Gasteiger partial charge on any atom is 0.255 e. The molecule has 0 saturated heterocycles. The van der Waals surface area contributed by atoms with Crippen molar-refractivity contribution in [2.24, 2.45) is 0 Å². The highest BCUT2D eigenvalue weighted by atomic mass is 16.5. The maximum absolute atomic E-state index is 12.5. The number of para-hydroxylation sites is 1. The quantitative estimate of drug-likeness (QED) is 0.687. The summed E-state index contributed by atoms with van der Waals surface area (Å²) in [5.74, 6) is 0.887. The van der Waals surface area contributed by atoms with Crippen LogP contribution in [0.2, 0.25) is 0 Å². The lowest BCUT2D eigenvalue weighted by atomic mass is 10.1. The van der Waals surface area contributed by atoms with Gasteiger partial charge in [-0.15, -0.1) is 0 Å². The number of benzene rings is 2. The van der Waals surface area contributed by atoms with E-state index < -0.39 is 0 Å². The highest BCUT2D eigenvalue weighted by Crippen LogP contribution is 2.24. The number of pyridine rings is 1. The smallest absolute Gasteiger partial charge is 0.255 e. The van der Waals surface area contributed by atoms with Crippen LogP contribution in [-0.2, 0) is 13.0 Å². The van der Waals surface area contributed by atoms with Crippen LogP contribution in [0.4, 0.5) is 0 Å². The maximum atomic E-state index is 12.5. The fourth-order valence-electron chi connectivity index (χ4n) is 2.50. The van der Waals surface area contributed by atoms with Gasteiger partial charge in [0.2, 0.25) is 0 Å². The van der Waals surface area contributed by atoms with Gasteiger partial charge in [0, 0.05) is 12.7 Å².